The third-order valence-electron chi connectivity index (χ3n) is 3.99. The number of pyridine rings is 1. The highest BCUT2D eigenvalue weighted by Crippen LogP contribution is 2.08. The maximum atomic E-state index is 12.4. The van der Waals surface area contributed by atoms with Gasteiger partial charge in [-0.05, 0) is 23.1 Å². The number of benzene rings is 2. The van der Waals surface area contributed by atoms with Gasteiger partial charge in [0, 0.05) is 18.1 Å². The Labute approximate surface area is 150 Å². The minimum atomic E-state index is -0.905. The van der Waals surface area contributed by atoms with E-state index in [2.05, 4.69) is 5.32 Å². The van der Waals surface area contributed by atoms with Gasteiger partial charge in [-0.2, -0.15) is 0 Å². The van der Waals surface area contributed by atoms with E-state index in [9.17, 15) is 14.7 Å². The summed E-state index contributed by atoms with van der Waals surface area (Å²) >= 11 is 0. The highest BCUT2D eigenvalue weighted by molar-refractivity contribution is 5.81. The van der Waals surface area contributed by atoms with Gasteiger partial charge >= 0.3 is 6.09 Å². The molecule has 1 aromatic heterocycles. The third kappa shape index (κ3) is 4.49. The van der Waals surface area contributed by atoms with E-state index in [-0.39, 0.29) is 25.3 Å². The predicted octanol–water partition coefficient (Wildman–Crippen LogP) is 2.29. The van der Waals surface area contributed by atoms with Crippen LogP contribution in [-0.2, 0) is 17.9 Å². The van der Waals surface area contributed by atoms with Crippen molar-refractivity contribution in [2.45, 2.75) is 19.3 Å². The molecule has 0 radical (unpaired) electrons. The van der Waals surface area contributed by atoms with Crippen molar-refractivity contribution >= 4 is 16.9 Å². The first-order chi connectivity index (χ1) is 12.6. The molecule has 2 aromatic carbocycles. The lowest BCUT2D eigenvalue weighted by Crippen LogP contribution is -2.36. The Balaban J connectivity index is 1.51. The van der Waals surface area contributed by atoms with Crippen LogP contribution in [0.5, 0.6) is 0 Å². The Kier molecular flexibility index (Phi) is 5.66. The number of rotatable bonds is 6. The number of aromatic nitrogens is 1. The van der Waals surface area contributed by atoms with E-state index in [1.807, 2.05) is 48.5 Å². The first-order valence-electron chi connectivity index (χ1n) is 8.34. The van der Waals surface area contributed by atoms with Crippen LogP contribution in [0.15, 0.2) is 71.7 Å². The molecule has 134 valence electrons. The van der Waals surface area contributed by atoms with Crippen molar-refractivity contribution in [3.63, 3.8) is 0 Å². The molecule has 6 heteroatoms. The number of alkyl carbamates (subject to hydrolysis) is 1. The molecule has 0 aliphatic rings. The van der Waals surface area contributed by atoms with Crippen LogP contribution in [0.3, 0.4) is 0 Å². The summed E-state index contributed by atoms with van der Waals surface area (Å²) in [5, 5.41) is 14.1. The minimum Gasteiger partial charge on any atom is -0.445 e. The van der Waals surface area contributed by atoms with Gasteiger partial charge in [-0.25, -0.2) is 4.79 Å². The molecule has 3 rings (SSSR count). The van der Waals surface area contributed by atoms with Crippen LogP contribution in [0, 0.1) is 0 Å². The van der Waals surface area contributed by atoms with Gasteiger partial charge in [0.1, 0.15) is 6.61 Å². The second-order valence-corrected chi connectivity index (χ2v) is 5.96. The number of ether oxygens (including phenoxy) is 1. The van der Waals surface area contributed by atoms with Crippen molar-refractivity contribution in [1.29, 1.82) is 0 Å². The van der Waals surface area contributed by atoms with Crippen LogP contribution in [-0.4, -0.2) is 28.4 Å². The SMILES string of the molecule is O=C(NCC(O)Cn1ccc2ccccc2c1=O)OCc1ccccc1. The summed E-state index contributed by atoms with van der Waals surface area (Å²) in [7, 11) is 0. The van der Waals surface area contributed by atoms with E-state index in [0.29, 0.717) is 5.39 Å². The molecule has 0 bridgehead atoms. The molecule has 0 spiro atoms. The third-order valence-corrected chi connectivity index (χ3v) is 3.99. The summed E-state index contributed by atoms with van der Waals surface area (Å²) in [6, 6.07) is 18.4. The number of hydrogen-bond acceptors (Lipinski definition) is 4. The van der Waals surface area contributed by atoms with Gasteiger partial charge in [0.15, 0.2) is 0 Å². The van der Waals surface area contributed by atoms with Gasteiger partial charge in [0.25, 0.3) is 5.56 Å². The molecule has 1 unspecified atom stereocenters. The van der Waals surface area contributed by atoms with E-state index >= 15 is 0 Å². The first-order valence-corrected chi connectivity index (χ1v) is 8.34. The highest BCUT2D eigenvalue weighted by atomic mass is 16.5. The van der Waals surface area contributed by atoms with Crippen molar-refractivity contribution in [1.82, 2.24) is 9.88 Å². The number of aliphatic hydroxyl groups excluding tert-OH is 1. The number of carbonyl (C=O) groups is 1. The molecule has 1 amide bonds. The monoisotopic (exact) mass is 352 g/mol. The fraction of sp³-hybridized carbons (Fsp3) is 0.200. The second-order valence-electron chi connectivity index (χ2n) is 5.96. The number of carbonyl (C=O) groups excluding carboxylic acids is 1. The first kappa shape index (κ1) is 17.7. The molecule has 0 aliphatic carbocycles. The lowest BCUT2D eigenvalue weighted by Gasteiger charge is -2.14. The van der Waals surface area contributed by atoms with Crippen LogP contribution in [0.25, 0.3) is 10.8 Å². The molecule has 1 heterocycles. The molecule has 1 atom stereocenters. The lowest BCUT2D eigenvalue weighted by atomic mass is 10.2. The zero-order valence-corrected chi connectivity index (χ0v) is 14.2. The van der Waals surface area contributed by atoms with Crippen molar-refractivity contribution in [3.05, 3.63) is 82.8 Å². The molecular formula is C20H20N2O4. The molecule has 0 saturated carbocycles. The minimum absolute atomic E-state index is 0.00705. The Morgan fingerprint density at radius 1 is 1.08 bits per heavy atom. The standard InChI is InChI=1S/C20H20N2O4/c23-17(12-21-20(25)26-14-15-6-2-1-3-7-15)13-22-11-10-16-8-4-5-9-18(16)19(22)24/h1-11,17,23H,12-14H2,(H,21,25). The van der Waals surface area contributed by atoms with Gasteiger partial charge in [0.2, 0.25) is 0 Å². The van der Waals surface area contributed by atoms with E-state index in [1.165, 1.54) is 4.57 Å². The maximum absolute atomic E-state index is 12.4. The molecule has 0 aliphatic heterocycles. The number of fused-ring (bicyclic) bond motifs is 1. The number of amides is 1. The van der Waals surface area contributed by atoms with Gasteiger partial charge in [-0.3, -0.25) is 4.79 Å². The quantitative estimate of drug-likeness (QED) is 0.713. The Morgan fingerprint density at radius 3 is 2.62 bits per heavy atom. The molecule has 2 N–H and O–H groups in total. The van der Waals surface area contributed by atoms with E-state index in [1.54, 1.807) is 18.3 Å². The van der Waals surface area contributed by atoms with Crippen molar-refractivity contribution in [2.24, 2.45) is 0 Å². The number of hydrogen-bond donors (Lipinski definition) is 2. The molecule has 6 nitrogen and oxygen atoms in total. The number of nitrogens with one attached hydrogen (secondary N) is 1. The predicted molar refractivity (Wildman–Crippen MR) is 98.8 cm³/mol. The van der Waals surface area contributed by atoms with Crippen molar-refractivity contribution in [2.75, 3.05) is 6.54 Å². The summed E-state index contributed by atoms with van der Waals surface area (Å²) in [4.78, 5) is 24.1. The van der Waals surface area contributed by atoms with Crippen LogP contribution in [0.2, 0.25) is 0 Å². The Bertz CT molecular complexity index is 937. The lowest BCUT2D eigenvalue weighted by molar-refractivity contribution is 0.119. The number of nitrogens with zero attached hydrogens (tertiary/aromatic N) is 1. The summed E-state index contributed by atoms with van der Waals surface area (Å²) in [5.41, 5.74) is 0.708. The molecule has 26 heavy (non-hydrogen) atoms. The van der Waals surface area contributed by atoms with Gasteiger partial charge < -0.3 is 19.7 Å². The molecule has 0 saturated heterocycles. The fourth-order valence-electron chi connectivity index (χ4n) is 2.64. The van der Waals surface area contributed by atoms with Crippen molar-refractivity contribution in [3.8, 4) is 0 Å². The zero-order valence-electron chi connectivity index (χ0n) is 14.2. The number of aliphatic hydroxyl groups is 1. The highest BCUT2D eigenvalue weighted by Gasteiger charge is 2.11. The normalized spacial score (nSPS) is 11.9. The molecule has 3 aromatic rings. The smallest absolute Gasteiger partial charge is 0.407 e. The van der Waals surface area contributed by atoms with Crippen LogP contribution < -0.4 is 10.9 Å². The summed E-state index contributed by atoms with van der Waals surface area (Å²) in [6.07, 6.45) is 0.124. The average Bonchev–Trinajstić information content (AvgIpc) is 2.68. The van der Waals surface area contributed by atoms with E-state index < -0.39 is 12.2 Å². The van der Waals surface area contributed by atoms with Crippen LogP contribution in [0.1, 0.15) is 5.56 Å². The largest absolute Gasteiger partial charge is 0.445 e. The molecular weight excluding hydrogens is 332 g/mol. The van der Waals surface area contributed by atoms with Gasteiger partial charge in [-0.15, -0.1) is 0 Å². The van der Waals surface area contributed by atoms with E-state index in [4.69, 9.17) is 4.74 Å². The fourth-order valence-corrected chi connectivity index (χ4v) is 2.64. The van der Waals surface area contributed by atoms with Crippen molar-refractivity contribution < 1.29 is 14.6 Å². The summed E-state index contributed by atoms with van der Waals surface area (Å²) in [5.74, 6) is 0. The summed E-state index contributed by atoms with van der Waals surface area (Å²) in [6.45, 7) is 0.239. The molecule has 0 fully saturated rings. The summed E-state index contributed by atoms with van der Waals surface area (Å²) < 4.78 is 6.51. The maximum Gasteiger partial charge on any atom is 0.407 e. The van der Waals surface area contributed by atoms with E-state index in [0.717, 1.165) is 10.9 Å². The van der Waals surface area contributed by atoms with Gasteiger partial charge in [0.05, 0.1) is 12.6 Å². The second kappa shape index (κ2) is 8.31. The van der Waals surface area contributed by atoms with Crippen LogP contribution in [0.4, 0.5) is 4.79 Å². The Hall–Kier alpha value is -3.12. The zero-order chi connectivity index (χ0) is 18.4. The van der Waals surface area contributed by atoms with Gasteiger partial charge in [-0.1, -0.05) is 48.5 Å². The topological polar surface area (TPSA) is 80.6 Å². The Morgan fingerprint density at radius 2 is 1.81 bits per heavy atom. The van der Waals surface area contributed by atoms with Crippen LogP contribution >= 0.6 is 0 Å². The average molecular weight is 352 g/mol.